The van der Waals surface area contributed by atoms with Crippen molar-refractivity contribution in [1.29, 1.82) is 0 Å². The van der Waals surface area contributed by atoms with E-state index in [1.165, 1.54) is 16.7 Å². The van der Waals surface area contributed by atoms with Crippen molar-refractivity contribution < 1.29 is 9.63 Å². The largest absolute Gasteiger partial charge is 0.435 e. The van der Waals surface area contributed by atoms with Gasteiger partial charge in [-0.15, -0.1) is 0 Å². The second kappa shape index (κ2) is 8.72. The SMILES string of the molecule is CCN(Cc1ccccc1)c1ccc(C=NOC(=O)N(C)C)cc1. The Morgan fingerprint density at radius 1 is 1.08 bits per heavy atom. The maximum atomic E-state index is 11.3. The molecule has 0 aliphatic rings. The second-order valence-electron chi connectivity index (χ2n) is 5.58. The smallest absolute Gasteiger partial charge is 0.367 e. The van der Waals surface area contributed by atoms with E-state index in [9.17, 15) is 4.79 Å². The first-order valence-corrected chi connectivity index (χ1v) is 7.90. The van der Waals surface area contributed by atoms with E-state index in [0.29, 0.717) is 0 Å². The number of benzene rings is 2. The average molecular weight is 325 g/mol. The Hall–Kier alpha value is -2.82. The molecule has 126 valence electrons. The first kappa shape index (κ1) is 17.5. The fourth-order valence-electron chi connectivity index (χ4n) is 2.17. The molecular weight excluding hydrogens is 302 g/mol. The number of anilines is 1. The van der Waals surface area contributed by atoms with Gasteiger partial charge in [0.25, 0.3) is 0 Å². The monoisotopic (exact) mass is 325 g/mol. The third kappa shape index (κ3) is 5.12. The van der Waals surface area contributed by atoms with E-state index in [-0.39, 0.29) is 0 Å². The third-order valence-electron chi connectivity index (χ3n) is 3.55. The first-order chi connectivity index (χ1) is 11.6. The Labute approximate surface area is 143 Å². The van der Waals surface area contributed by atoms with Crippen molar-refractivity contribution in [2.75, 3.05) is 25.5 Å². The second-order valence-corrected chi connectivity index (χ2v) is 5.58. The van der Waals surface area contributed by atoms with Crippen molar-refractivity contribution in [3.05, 3.63) is 65.7 Å². The van der Waals surface area contributed by atoms with E-state index >= 15 is 0 Å². The zero-order valence-corrected chi connectivity index (χ0v) is 14.3. The molecule has 0 atom stereocenters. The summed E-state index contributed by atoms with van der Waals surface area (Å²) in [6.07, 6.45) is 1.03. The molecule has 2 rings (SSSR count). The lowest BCUT2D eigenvalue weighted by Crippen LogP contribution is -2.21. The Morgan fingerprint density at radius 2 is 1.75 bits per heavy atom. The Kier molecular flexibility index (Phi) is 6.37. The molecule has 0 heterocycles. The van der Waals surface area contributed by atoms with Gasteiger partial charge in [-0.3, -0.25) is 4.84 Å². The minimum absolute atomic E-state index is 0.497. The first-order valence-electron chi connectivity index (χ1n) is 7.90. The maximum absolute atomic E-state index is 11.3. The lowest BCUT2D eigenvalue weighted by Gasteiger charge is -2.23. The molecule has 24 heavy (non-hydrogen) atoms. The molecule has 1 amide bonds. The summed E-state index contributed by atoms with van der Waals surface area (Å²) < 4.78 is 0. The lowest BCUT2D eigenvalue weighted by atomic mass is 10.1. The predicted octanol–water partition coefficient (Wildman–Crippen LogP) is 3.75. The fraction of sp³-hybridized carbons (Fsp3) is 0.263. The molecule has 0 saturated heterocycles. The quantitative estimate of drug-likeness (QED) is 0.462. The Morgan fingerprint density at radius 3 is 2.33 bits per heavy atom. The molecule has 0 saturated carbocycles. The summed E-state index contributed by atoms with van der Waals surface area (Å²) in [6, 6.07) is 18.4. The highest BCUT2D eigenvalue weighted by Gasteiger charge is 2.05. The van der Waals surface area contributed by atoms with Crippen LogP contribution in [0.25, 0.3) is 0 Å². The van der Waals surface area contributed by atoms with E-state index in [1.54, 1.807) is 14.1 Å². The van der Waals surface area contributed by atoms with Crippen LogP contribution in [0.4, 0.5) is 10.5 Å². The van der Waals surface area contributed by atoms with E-state index in [4.69, 9.17) is 4.84 Å². The number of carbonyl (C=O) groups is 1. The van der Waals surface area contributed by atoms with Gasteiger partial charge in [0, 0.05) is 32.9 Å². The molecular formula is C19H23N3O2. The van der Waals surface area contributed by atoms with Gasteiger partial charge in [0.1, 0.15) is 0 Å². The normalized spacial score (nSPS) is 10.6. The maximum Gasteiger partial charge on any atom is 0.435 e. The third-order valence-corrected chi connectivity index (χ3v) is 3.55. The molecule has 5 heteroatoms. The van der Waals surface area contributed by atoms with Crippen molar-refractivity contribution in [3.63, 3.8) is 0 Å². The highest BCUT2D eigenvalue weighted by molar-refractivity contribution is 5.80. The zero-order valence-electron chi connectivity index (χ0n) is 14.3. The number of hydrogen-bond donors (Lipinski definition) is 0. The van der Waals surface area contributed by atoms with Crippen molar-refractivity contribution in [2.45, 2.75) is 13.5 Å². The zero-order chi connectivity index (χ0) is 17.4. The predicted molar refractivity (Wildman–Crippen MR) is 97.4 cm³/mol. The molecule has 0 aliphatic heterocycles. The number of hydrogen-bond acceptors (Lipinski definition) is 4. The van der Waals surface area contributed by atoms with Gasteiger partial charge in [-0.1, -0.05) is 47.6 Å². The molecule has 0 bridgehead atoms. The summed E-state index contributed by atoms with van der Waals surface area (Å²) in [5.74, 6) is 0. The highest BCUT2D eigenvalue weighted by atomic mass is 16.7. The van der Waals surface area contributed by atoms with Gasteiger partial charge in [0.15, 0.2) is 0 Å². The number of oxime groups is 1. The molecule has 0 unspecified atom stereocenters. The van der Waals surface area contributed by atoms with Gasteiger partial charge in [-0.05, 0) is 30.2 Å². The summed E-state index contributed by atoms with van der Waals surface area (Å²) in [5, 5.41) is 3.70. The van der Waals surface area contributed by atoms with Crippen molar-refractivity contribution in [1.82, 2.24) is 4.90 Å². The van der Waals surface area contributed by atoms with Crippen LogP contribution in [0.1, 0.15) is 18.1 Å². The van der Waals surface area contributed by atoms with Crippen molar-refractivity contribution >= 4 is 18.0 Å². The Balaban J connectivity index is 1.99. The van der Waals surface area contributed by atoms with E-state index in [2.05, 4.69) is 41.2 Å². The van der Waals surface area contributed by atoms with Crippen LogP contribution >= 0.6 is 0 Å². The number of amides is 1. The molecule has 0 N–H and O–H groups in total. The van der Waals surface area contributed by atoms with Gasteiger partial charge < -0.3 is 9.80 Å². The molecule has 2 aromatic rings. The van der Waals surface area contributed by atoms with Crippen LogP contribution in [0.2, 0.25) is 0 Å². The molecule has 0 fully saturated rings. The minimum atomic E-state index is -0.497. The number of nitrogens with zero attached hydrogens (tertiary/aromatic N) is 3. The number of rotatable bonds is 6. The molecule has 5 nitrogen and oxygen atoms in total. The van der Waals surface area contributed by atoms with Gasteiger partial charge in [-0.25, -0.2) is 4.79 Å². The van der Waals surface area contributed by atoms with Crippen LogP contribution in [0.3, 0.4) is 0 Å². The lowest BCUT2D eigenvalue weighted by molar-refractivity contribution is 0.123. The van der Waals surface area contributed by atoms with Gasteiger partial charge in [0.2, 0.25) is 0 Å². The molecule has 0 aromatic heterocycles. The van der Waals surface area contributed by atoms with Crippen LogP contribution in [0.5, 0.6) is 0 Å². The summed E-state index contributed by atoms with van der Waals surface area (Å²) in [4.78, 5) is 19.6. The van der Waals surface area contributed by atoms with Crippen LogP contribution in [0.15, 0.2) is 59.8 Å². The van der Waals surface area contributed by atoms with Gasteiger partial charge >= 0.3 is 6.09 Å². The average Bonchev–Trinajstić information content (AvgIpc) is 2.61. The fourth-order valence-corrected chi connectivity index (χ4v) is 2.17. The topological polar surface area (TPSA) is 45.1 Å². The van der Waals surface area contributed by atoms with E-state index in [0.717, 1.165) is 24.3 Å². The van der Waals surface area contributed by atoms with Crippen LogP contribution < -0.4 is 4.90 Å². The molecule has 2 aromatic carbocycles. The van der Waals surface area contributed by atoms with E-state index < -0.39 is 6.09 Å². The number of carbonyl (C=O) groups excluding carboxylic acids is 1. The Bertz CT molecular complexity index is 667. The molecule has 0 spiro atoms. The molecule has 0 aliphatic carbocycles. The molecule has 0 radical (unpaired) electrons. The highest BCUT2D eigenvalue weighted by Crippen LogP contribution is 2.17. The van der Waals surface area contributed by atoms with Crippen molar-refractivity contribution in [2.24, 2.45) is 5.16 Å². The van der Waals surface area contributed by atoms with Crippen LogP contribution in [-0.2, 0) is 11.4 Å². The van der Waals surface area contributed by atoms with Crippen molar-refractivity contribution in [3.8, 4) is 0 Å². The van der Waals surface area contributed by atoms with E-state index in [1.807, 2.05) is 30.3 Å². The van der Waals surface area contributed by atoms with Gasteiger partial charge in [0.05, 0.1) is 6.21 Å². The summed E-state index contributed by atoms with van der Waals surface area (Å²) >= 11 is 0. The van der Waals surface area contributed by atoms with Crippen LogP contribution in [-0.4, -0.2) is 37.8 Å². The standard InChI is InChI=1S/C19H23N3O2/c1-4-22(15-17-8-6-5-7-9-17)18-12-10-16(11-13-18)14-20-24-19(23)21(2)3/h5-14H,4,15H2,1-3H3. The van der Waals surface area contributed by atoms with Gasteiger partial charge in [-0.2, -0.15) is 0 Å². The summed E-state index contributed by atoms with van der Waals surface area (Å²) in [7, 11) is 3.22. The minimum Gasteiger partial charge on any atom is -0.367 e. The summed E-state index contributed by atoms with van der Waals surface area (Å²) in [5.41, 5.74) is 3.30. The summed E-state index contributed by atoms with van der Waals surface area (Å²) in [6.45, 7) is 3.92. The van der Waals surface area contributed by atoms with Crippen LogP contribution in [0, 0.1) is 0 Å².